The maximum atomic E-state index is 11.9. The molecule has 2 amide bonds. The van der Waals surface area contributed by atoms with Gasteiger partial charge in [-0.05, 0) is 68.7 Å². The molecule has 11 nitrogen and oxygen atoms in total. The Balaban J connectivity index is 3.17. The van der Waals surface area contributed by atoms with E-state index >= 15 is 0 Å². The molecular formula is C30H46N2O9. The summed E-state index contributed by atoms with van der Waals surface area (Å²) < 4.78 is 27.1. The van der Waals surface area contributed by atoms with E-state index in [-0.39, 0.29) is 11.7 Å². The van der Waals surface area contributed by atoms with E-state index in [1.165, 1.54) is 21.3 Å². The van der Waals surface area contributed by atoms with Gasteiger partial charge in [0.1, 0.15) is 11.9 Å². The summed E-state index contributed by atoms with van der Waals surface area (Å²) in [6.07, 6.45) is 1.03. The molecule has 0 spiro atoms. The number of amides is 2. The molecule has 6 unspecified atom stereocenters. The second kappa shape index (κ2) is 18.0. The largest absolute Gasteiger partial charge is 0.508 e. The Morgan fingerprint density at radius 3 is 2.15 bits per heavy atom. The molecule has 0 aliphatic rings. The van der Waals surface area contributed by atoms with Crippen LogP contribution in [-0.4, -0.2) is 69.0 Å². The van der Waals surface area contributed by atoms with E-state index < -0.39 is 48.5 Å². The molecule has 0 aliphatic heterocycles. The molecule has 0 aromatic heterocycles. The van der Waals surface area contributed by atoms with Gasteiger partial charge in [-0.2, -0.15) is 0 Å². The number of carbonyl (C=O) groups is 3. The van der Waals surface area contributed by atoms with E-state index in [1.807, 2.05) is 26.0 Å². The fourth-order valence-corrected chi connectivity index (χ4v) is 4.88. The minimum Gasteiger partial charge on any atom is -0.508 e. The van der Waals surface area contributed by atoms with Crippen LogP contribution in [0.15, 0.2) is 47.6 Å². The summed E-state index contributed by atoms with van der Waals surface area (Å²) in [4.78, 5) is 35.3. The number of nitrogens with two attached hydrogens (primary N) is 2. The number of methoxy groups -OCH3 is 3. The van der Waals surface area contributed by atoms with Crippen LogP contribution in [0.2, 0.25) is 0 Å². The molecule has 0 aliphatic carbocycles. The van der Waals surface area contributed by atoms with Gasteiger partial charge in [-0.1, -0.05) is 38.1 Å². The Kier molecular flexibility index (Phi) is 15.6. The number of hydrogen-bond donors (Lipinski definition) is 3. The van der Waals surface area contributed by atoms with Crippen LogP contribution >= 0.6 is 0 Å². The van der Waals surface area contributed by atoms with E-state index in [0.29, 0.717) is 36.8 Å². The highest BCUT2D eigenvalue weighted by Gasteiger charge is 2.33. The quantitative estimate of drug-likeness (QED) is 0.105. The maximum absolute atomic E-state index is 11.9. The lowest BCUT2D eigenvalue weighted by atomic mass is 9.88. The molecule has 1 aromatic carbocycles. The number of carbonyl (C=O) groups excluding carboxylic acids is 3. The number of benzene rings is 1. The van der Waals surface area contributed by atoms with Gasteiger partial charge in [0.15, 0.2) is 6.10 Å². The molecule has 1 rings (SSSR count). The minimum absolute atomic E-state index is 0.114. The third-order valence-corrected chi connectivity index (χ3v) is 6.84. The zero-order valence-electron chi connectivity index (χ0n) is 25.1. The first-order valence-corrected chi connectivity index (χ1v) is 13.5. The van der Waals surface area contributed by atoms with Crippen molar-refractivity contribution in [2.45, 2.75) is 77.8 Å². The molecule has 1 aromatic rings. The van der Waals surface area contributed by atoms with Crippen molar-refractivity contribution >= 4 is 18.2 Å². The van der Waals surface area contributed by atoms with Crippen LogP contribution in [0.3, 0.4) is 0 Å². The zero-order chi connectivity index (χ0) is 31.1. The summed E-state index contributed by atoms with van der Waals surface area (Å²) in [5.74, 6) is -0.529. The fourth-order valence-electron chi connectivity index (χ4n) is 4.88. The normalized spacial score (nSPS) is 16.6. The Labute approximate surface area is 242 Å². The summed E-state index contributed by atoms with van der Waals surface area (Å²) >= 11 is 0. The number of primary amides is 2. The molecule has 5 N–H and O–H groups in total. The Bertz CT molecular complexity index is 1060. The van der Waals surface area contributed by atoms with Gasteiger partial charge >= 0.3 is 18.2 Å². The van der Waals surface area contributed by atoms with E-state index in [4.69, 9.17) is 35.2 Å². The average molecular weight is 579 g/mol. The fraction of sp³-hybridized carbons (Fsp3) is 0.567. The first-order valence-electron chi connectivity index (χ1n) is 13.5. The van der Waals surface area contributed by atoms with Crippen molar-refractivity contribution in [3.63, 3.8) is 0 Å². The Morgan fingerprint density at radius 1 is 0.976 bits per heavy atom. The van der Waals surface area contributed by atoms with E-state index in [2.05, 4.69) is 0 Å². The maximum Gasteiger partial charge on any atom is 0.405 e. The van der Waals surface area contributed by atoms with Crippen molar-refractivity contribution in [3.8, 4) is 5.75 Å². The number of allylic oxidation sites excluding steroid dienone is 1. The van der Waals surface area contributed by atoms with Crippen molar-refractivity contribution in [2.24, 2.45) is 23.3 Å². The first-order chi connectivity index (χ1) is 19.3. The predicted octanol–water partition coefficient (Wildman–Crippen LogP) is 4.40. The van der Waals surface area contributed by atoms with Gasteiger partial charge in [0.2, 0.25) is 0 Å². The molecule has 6 atom stereocenters. The number of ether oxygens (including phenoxy) is 5. The van der Waals surface area contributed by atoms with Crippen LogP contribution in [0.4, 0.5) is 9.59 Å². The van der Waals surface area contributed by atoms with Crippen LogP contribution in [0, 0.1) is 11.8 Å². The van der Waals surface area contributed by atoms with Crippen LogP contribution in [-0.2, 0) is 34.9 Å². The molecule has 0 bridgehead atoms. The van der Waals surface area contributed by atoms with Gasteiger partial charge in [0, 0.05) is 25.7 Å². The van der Waals surface area contributed by atoms with Crippen LogP contribution in [0.1, 0.15) is 52.5 Å². The number of hydrogen-bond acceptors (Lipinski definition) is 9. The number of phenols is 1. The molecule has 0 radical (unpaired) electrons. The smallest absolute Gasteiger partial charge is 0.405 e. The second-order valence-electron chi connectivity index (χ2n) is 10.2. The van der Waals surface area contributed by atoms with Crippen molar-refractivity contribution in [2.75, 3.05) is 21.3 Å². The Morgan fingerprint density at radius 2 is 1.61 bits per heavy atom. The molecule has 0 heterocycles. The van der Waals surface area contributed by atoms with Crippen molar-refractivity contribution in [1.82, 2.24) is 0 Å². The summed E-state index contributed by atoms with van der Waals surface area (Å²) in [6, 6.07) is 7.04. The van der Waals surface area contributed by atoms with Crippen molar-refractivity contribution in [1.29, 1.82) is 0 Å². The zero-order valence-corrected chi connectivity index (χ0v) is 25.1. The standard InChI is InChI=1S/C30H46N2O9/c1-18(14-22-11-9-12-23(33)17-22)15-25(38-6)27(41-30(32)36)21(4)16-20(3)26(40-29(31)35)24(37-5)13-8-10-19(2)28(34)39-7/h9-12,16-18,21,24-27,33H,8,13-15H2,1-7H3,(H2,31,35)(H2,32,36)/b19-10+,20-16+. The first kappa shape index (κ1) is 35.5. The molecule has 0 fully saturated rings. The monoisotopic (exact) mass is 578 g/mol. The summed E-state index contributed by atoms with van der Waals surface area (Å²) in [6.45, 7) is 7.29. The van der Waals surface area contributed by atoms with Gasteiger partial charge in [-0.15, -0.1) is 0 Å². The molecular weight excluding hydrogens is 532 g/mol. The molecule has 41 heavy (non-hydrogen) atoms. The summed E-state index contributed by atoms with van der Waals surface area (Å²) in [5.41, 5.74) is 12.8. The highest BCUT2D eigenvalue weighted by Crippen LogP contribution is 2.27. The van der Waals surface area contributed by atoms with Crippen LogP contribution in [0.5, 0.6) is 5.75 Å². The molecule has 11 heteroatoms. The van der Waals surface area contributed by atoms with E-state index in [0.717, 1.165) is 5.56 Å². The third kappa shape index (κ3) is 12.6. The van der Waals surface area contributed by atoms with Gasteiger partial charge in [-0.3, -0.25) is 0 Å². The lowest BCUT2D eigenvalue weighted by molar-refractivity contribution is -0.136. The molecule has 0 saturated carbocycles. The van der Waals surface area contributed by atoms with E-state index in [9.17, 15) is 19.5 Å². The lowest BCUT2D eigenvalue weighted by Crippen LogP contribution is -2.41. The van der Waals surface area contributed by atoms with Crippen molar-refractivity contribution < 1.29 is 43.2 Å². The molecule has 0 saturated heterocycles. The highest BCUT2D eigenvalue weighted by molar-refractivity contribution is 5.87. The van der Waals surface area contributed by atoms with Crippen LogP contribution in [0.25, 0.3) is 0 Å². The number of phenolic OH excluding ortho intramolecular Hbond substituents is 1. The SMILES string of the molecule is COC(=O)/C(C)=C/CCC(OC)C(OC(N)=O)/C(C)=C/C(C)C(OC(N)=O)C(CC(C)Cc1cccc(O)c1)OC. The van der Waals surface area contributed by atoms with Gasteiger partial charge in [0.25, 0.3) is 0 Å². The highest BCUT2D eigenvalue weighted by atomic mass is 16.6. The lowest BCUT2D eigenvalue weighted by Gasteiger charge is -2.32. The summed E-state index contributed by atoms with van der Waals surface area (Å²) in [7, 11) is 4.34. The summed E-state index contributed by atoms with van der Waals surface area (Å²) in [5, 5.41) is 9.79. The number of aromatic hydroxyl groups is 1. The van der Waals surface area contributed by atoms with E-state index in [1.54, 1.807) is 38.1 Å². The number of rotatable bonds is 17. The Hall–Kier alpha value is -3.57. The number of esters is 1. The second-order valence-corrected chi connectivity index (χ2v) is 10.2. The third-order valence-electron chi connectivity index (χ3n) is 6.84. The average Bonchev–Trinajstić information content (AvgIpc) is 2.90. The van der Waals surface area contributed by atoms with Crippen LogP contribution < -0.4 is 11.5 Å². The molecule has 230 valence electrons. The van der Waals surface area contributed by atoms with Crippen molar-refractivity contribution in [3.05, 3.63) is 53.1 Å². The van der Waals surface area contributed by atoms with Gasteiger partial charge in [-0.25, -0.2) is 14.4 Å². The topological polar surface area (TPSA) is 170 Å². The van der Waals surface area contributed by atoms with Gasteiger partial charge < -0.3 is 40.3 Å². The predicted molar refractivity (Wildman–Crippen MR) is 154 cm³/mol. The van der Waals surface area contributed by atoms with Gasteiger partial charge in [0.05, 0.1) is 19.3 Å². The minimum atomic E-state index is -0.973.